The van der Waals surface area contributed by atoms with Crippen molar-refractivity contribution in [3.63, 3.8) is 0 Å². The van der Waals surface area contributed by atoms with E-state index in [1.54, 1.807) is 0 Å². The molecule has 1 rings (SSSR count). The average molecular weight is 331 g/mol. The zero-order valence-corrected chi connectivity index (χ0v) is 12.6. The van der Waals surface area contributed by atoms with Crippen molar-refractivity contribution >= 4 is 22.6 Å². The highest BCUT2D eigenvalue weighted by atomic mass is 127. The Morgan fingerprint density at radius 2 is 1.81 bits per heavy atom. The molecule has 1 nitrogen and oxygen atoms in total. The first-order valence-electron chi connectivity index (χ1n) is 6.17. The van der Waals surface area contributed by atoms with Gasteiger partial charge in [0.25, 0.3) is 0 Å². The summed E-state index contributed by atoms with van der Waals surface area (Å²) in [5.41, 5.74) is 1.42. The highest BCUT2D eigenvalue weighted by molar-refractivity contribution is 14.1. The third-order valence-corrected chi connectivity index (χ3v) is 3.78. The van der Waals surface area contributed by atoms with Crippen LogP contribution in [-0.4, -0.2) is 6.54 Å². The Balaban J connectivity index is 2.78. The fourth-order valence-corrected chi connectivity index (χ4v) is 2.21. The molecule has 0 aliphatic rings. The van der Waals surface area contributed by atoms with Crippen molar-refractivity contribution in [3.8, 4) is 0 Å². The number of nitrogens with one attached hydrogen (secondary N) is 1. The third-order valence-electron chi connectivity index (χ3n) is 3.06. The topological polar surface area (TPSA) is 12.0 Å². The lowest BCUT2D eigenvalue weighted by atomic mass is 9.92. The Morgan fingerprint density at radius 1 is 1.19 bits per heavy atom. The third kappa shape index (κ3) is 4.06. The van der Waals surface area contributed by atoms with E-state index >= 15 is 0 Å². The van der Waals surface area contributed by atoms with E-state index in [1.807, 2.05) is 0 Å². The highest BCUT2D eigenvalue weighted by Crippen LogP contribution is 2.24. The molecule has 0 saturated carbocycles. The smallest absolute Gasteiger partial charge is 0.0345 e. The Morgan fingerprint density at radius 3 is 2.31 bits per heavy atom. The van der Waals surface area contributed by atoms with Gasteiger partial charge in [0, 0.05) is 9.61 Å². The van der Waals surface area contributed by atoms with Crippen LogP contribution in [0, 0.1) is 9.49 Å². The van der Waals surface area contributed by atoms with Crippen LogP contribution in [0.2, 0.25) is 0 Å². The standard InChI is InChI=1S/C14H22IN/c1-4-10-16-14(11(3)5-2)12-6-8-13(15)9-7-12/h6-9,11,14,16H,4-5,10H2,1-3H3. The van der Waals surface area contributed by atoms with Crippen LogP contribution in [0.15, 0.2) is 24.3 Å². The second kappa shape index (κ2) is 7.28. The van der Waals surface area contributed by atoms with E-state index in [4.69, 9.17) is 0 Å². The van der Waals surface area contributed by atoms with Gasteiger partial charge in [0.05, 0.1) is 0 Å². The Labute approximate surface area is 113 Å². The molecule has 0 radical (unpaired) electrons. The summed E-state index contributed by atoms with van der Waals surface area (Å²) < 4.78 is 1.31. The highest BCUT2D eigenvalue weighted by Gasteiger charge is 2.16. The van der Waals surface area contributed by atoms with Crippen molar-refractivity contribution in [2.45, 2.75) is 39.7 Å². The number of halogens is 1. The van der Waals surface area contributed by atoms with Crippen LogP contribution in [0.1, 0.15) is 45.2 Å². The van der Waals surface area contributed by atoms with E-state index in [0.717, 1.165) is 6.54 Å². The van der Waals surface area contributed by atoms with E-state index in [0.29, 0.717) is 12.0 Å². The Kier molecular flexibility index (Phi) is 6.36. The molecule has 0 fully saturated rings. The summed E-state index contributed by atoms with van der Waals surface area (Å²) in [5.74, 6) is 0.687. The fourth-order valence-electron chi connectivity index (χ4n) is 1.85. The number of hydrogen-bond acceptors (Lipinski definition) is 1. The molecule has 1 N–H and O–H groups in total. The van der Waals surface area contributed by atoms with E-state index < -0.39 is 0 Å². The number of benzene rings is 1. The molecular formula is C14H22IN. The summed E-state index contributed by atoms with van der Waals surface area (Å²) >= 11 is 2.35. The molecule has 0 aromatic heterocycles. The molecule has 2 heteroatoms. The first-order valence-corrected chi connectivity index (χ1v) is 7.25. The first-order chi connectivity index (χ1) is 7.69. The van der Waals surface area contributed by atoms with Gasteiger partial charge in [0.2, 0.25) is 0 Å². The molecule has 90 valence electrons. The average Bonchev–Trinajstić information content (AvgIpc) is 2.31. The summed E-state index contributed by atoms with van der Waals surface area (Å²) in [4.78, 5) is 0. The lowest BCUT2D eigenvalue weighted by molar-refractivity contribution is 0.377. The van der Waals surface area contributed by atoms with E-state index in [1.165, 1.54) is 22.0 Å². The van der Waals surface area contributed by atoms with Crippen LogP contribution in [0.3, 0.4) is 0 Å². The molecule has 16 heavy (non-hydrogen) atoms. The van der Waals surface area contributed by atoms with E-state index in [2.05, 4.69) is 72.9 Å². The maximum atomic E-state index is 3.65. The normalized spacial score (nSPS) is 14.8. The van der Waals surface area contributed by atoms with E-state index in [9.17, 15) is 0 Å². The lowest BCUT2D eigenvalue weighted by Gasteiger charge is -2.25. The molecule has 2 atom stereocenters. The van der Waals surface area contributed by atoms with Gasteiger partial charge in [-0.3, -0.25) is 0 Å². The van der Waals surface area contributed by atoms with Gasteiger partial charge in [-0.15, -0.1) is 0 Å². The van der Waals surface area contributed by atoms with Crippen LogP contribution in [0.25, 0.3) is 0 Å². The van der Waals surface area contributed by atoms with E-state index in [-0.39, 0.29) is 0 Å². The summed E-state index contributed by atoms with van der Waals surface area (Å²) in [6.07, 6.45) is 2.41. The van der Waals surface area contributed by atoms with Crippen LogP contribution in [0.4, 0.5) is 0 Å². The van der Waals surface area contributed by atoms with Crippen molar-refractivity contribution in [1.82, 2.24) is 5.32 Å². The maximum absolute atomic E-state index is 3.65. The molecule has 1 aromatic carbocycles. The molecule has 0 saturated heterocycles. The minimum atomic E-state index is 0.502. The molecule has 0 heterocycles. The van der Waals surface area contributed by atoms with Gasteiger partial charge in [-0.2, -0.15) is 0 Å². The first kappa shape index (κ1) is 14.0. The molecule has 0 bridgehead atoms. The van der Waals surface area contributed by atoms with Crippen molar-refractivity contribution in [2.75, 3.05) is 6.54 Å². The molecule has 2 unspecified atom stereocenters. The second-order valence-electron chi connectivity index (χ2n) is 4.37. The number of rotatable bonds is 6. The molecule has 0 aliphatic carbocycles. The van der Waals surface area contributed by atoms with Crippen LogP contribution in [0.5, 0.6) is 0 Å². The zero-order chi connectivity index (χ0) is 12.0. The molecular weight excluding hydrogens is 309 g/mol. The largest absolute Gasteiger partial charge is 0.310 e. The molecule has 1 aromatic rings. The zero-order valence-electron chi connectivity index (χ0n) is 10.5. The minimum absolute atomic E-state index is 0.502. The van der Waals surface area contributed by atoms with Crippen LogP contribution < -0.4 is 5.32 Å². The predicted molar refractivity (Wildman–Crippen MR) is 79.6 cm³/mol. The van der Waals surface area contributed by atoms with Crippen LogP contribution >= 0.6 is 22.6 Å². The quantitative estimate of drug-likeness (QED) is 0.763. The van der Waals surface area contributed by atoms with Gasteiger partial charge in [0.15, 0.2) is 0 Å². The Hall–Kier alpha value is -0.0900. The van der Waals surface area contributed by atoms with Gasteiger partial charge >= 0.3 is 0 Å². The summed E-state index contributed by atoms with van der Waals surface area (Å²) in [7, 11) is 0. The summed E-state index contributed by atoms with van der Waals surface area (Å²) in [6, 6.07) is 9.39. The summed E-state index contributed by atoms with van der Waals surface area (Å²) in [5, 5.41) is 3.65. The fraction of sp³-hybridized carbons (Fsp3) is 0.571. The van der Waals surface area contributed by atoms with Gasteiger partial charge < -0.3 is 5.32 Å². The lowest BCUT2D eigenvalue weighted by Crippen LogP contribution is -2.27. The van der Waals surface area contributed by atoms with Crippen molar-refractivity contribution < 1.29 is 0 Å². The minimum Gasteiger partial charge on any atom is -0.310 e. The molecule has 0 spiro atoms. The number of hydrogen-bond donors (Lipinski definition) is 1. The molecule has 0 aliphatic heterocycles. The maximum Gasteiger partial charge on any atom is 0.0345 e. The summed E-state index contributed by atoms with van der Waals surface area (Å²) in [6.45, 7) is 7.90. The SMILES string of the molecule is CCCNC(c1ccc(I)cc1)C(C)CC. The van der Waals surface area contributed by atoms with Crippen molar-refractivity contribution in [1.29, 1.82) is 0 Å². The van der Waals surface area contributed by atoms with Gasteiger partial charge in [0.1, 0.15) is 0 Å². The van der Waals surface area contributed by atoms with Crippen LogP contribution in [-0.2, 0) is 0 Å². The second-order valence-corrected chi connectivity index (χ2v) is 5.61. The van der Waals surface area contributed by atoms with Crippen molar-refractivity contribution in [2.24, 2.45) is 5.92 Å². The van der Waals surface area contributed by atoms with Gasteiger partial charge in [-0.1, -0.05) is 39.3 Å². The van der Waals surface area contributed by atoms with Crippen molar-refractivity contribution in [3.05, 3.63) is 33.4 Å². The van der Waals surface area contributed by atoms with Gasteiger partial charge in [-0.05, 0) is 59.2 Å². The Bertz CT molecular complexity index is 294. The predicted octanol–water partition coefficient (Wildman–Crippen LogP) is 4.38. The van der Waals surface area contributed by atoms with Gasteiger partial charge in [-0.25, -0.2) is 0 Å². The monoisotopic (exact) mass is 331 g/mol. The molecule has 0 amide bonds.